The molecule has 0 fully saturated rings. The predicted molar refractivity (Wildman–Crippen MR) is 86.6 cm³/mol. The Kier molecular flexibility index (Phi) is 5.95. The number of halogens is 1. The lowest BCUT2D eigenvalue weighted by Gasteiger charge is -2.21. The first-order chi connectivity index (χ1) is 10.6. The molecule has 1 aromatic carbocycles. The first-order valence-electron chi connectivity index (χ1n) is 7.27. The van der Waals surface area contributed by atoms with E-state index < -0.39 is 0 Å². The van der Waals surface area contributed by atoms with Gasteiger partial charge < -0.3 is 10.1 Å². The molecule has 1 unspecified atom stereocenters. The SMILES string of the molecule is CC(C)C(NC(=O)CCOc1cccc(F)c1)c1cccs1. The summed E-state index contributed by atoms with van der Waals surface area (Å²) < 4.78 is 18.4. The second kappa shape index (κ2) is 7.94. The fourth-order valence-corrected chi connectivity index (χ4v) is 3.05. The summed E-state index contributed by atoms with van der Waals surface area (Å²) in [7, 11) is 0. The van der Waals surface area contributed by atoms with Crippen LogP contribution in [0, 0.1) is 11.7 Å². The maximum absolute atomic E-state index is 13.0. The van der Waals surface area contributed by atoms with Gasteiger partial charge >= 0.3 is 0 Å². The number of amides is 1. The quantitative estimate of drug-likeness (QED) is 0.831. The van der Waals surface area contributed by atoms with Gasteiger partial charge in [-0.1, -0.05) is 26.0 Å². The molecule has 1 heterocycles. The molecule has 0 aliphatic rings. The molecule has 0 spiro atoms. The molecule has 22 heavy (non-hydrogen) atoms. The standard InChI is InChI=1S/C17H20FNO2S/c1-12(2)17(15-7-4-10-22-15)19-16(20)8-9-21-14-6-3-5-13(18)11-14/h3-7,10-12,17H,8-9H2,1-2H3,(H,19,20). The molecule has 118 valence electrons. The molecular formula is C17H20FNO2S. The van der Waals surface area contributed by atoms with Crippen molar-refractivity contribution in [1.82, 2.24) is 5.32 Å². The summed E-state index contributed by atoms with van der Waals surface area (Å²) in [6, 6.07) is 9.93. The maximum Gasteiger partial charge on any atom is 0.223 e. The Morgan fingerprint density at radius 1 is 1.32 bits per heavy atom. The van der Waals surface area contributed by atoms with Crippen LogP contribution in [-0.4, -0.2) is 12.5 Å². The van der Waals surface area contributed by atoms with Crippen molar-refractivity contribution in [2.45, 2.75) is 26.3 Å². The van der Waals surface area contributed by atoms with Gasteiger partial charge in [0.05, 0.1) is 19.1 Å². The molecule has 0 radical (unpaired) electrons. The molecule has 1 aromatic heterocycles. The molecule has 1 N–H and O–H groups in total. The van der Waals surface area contributed by atoms with Crippen molar-refractivity contribution in [2.24, 2.45) is 5.92 Å². The first kappa shape index (κ1) is 16.5. The van der Waals surface area contributed by atoms with Crippen molar-refractivity contribution in [2.75, 3.05) is 6.61 Å². The normalized spacial score (nSPS) is 12.2. The van der Waals surface area contributed by atoms with Crippen LogP contribution in [0.3, 0.4) is 0 Å². The number of hydrogen-bond donors (Lipinski definition) is 1. The van der Waals surface area contributed by atoms with E-state index in [1.54, 1.807) is 23.5 Å². The third-order valence-electron chi connectivity index (χ3n) is 3.23. The van der Waals surface area contributed by atoms with Crippen LogP contribution in [0.25, 0.3) is 0 Å². The van der Waals surface area contributed by atoms with Crippen molar-refractivity contribution in [3.05, 3.63) is 52.5 Å². The smallest absolute Gasteiger partial charge is 0.223 e. The largest absolute Gasteiger partial charge is 0.493 e. The van der Waals surface area contributed by atoms with Gasteiger partial charge in [-0.3, -0.25) is 4.79 Å². The second-order valence-corrected chi connectivity index (χ2v) is 6.34. The Morgan fingerprint density at radius 3 is 2.77 bits per heavy atom. The number of nitrogens with one attached hydrogen (secondary N) is 1. The summed E-state index contributed by atoms with van der Waals surface area (Å²) in [5.74, 6) is 0.334. The summed E-state index contributed by atoms with van der Waals surface area (Å²) in [5, 5.41) is 5.04. The molecule has 0 saturated heterocycles. The van der Waals surface area contributed by atoms with E-state index in [1.165, 1.54) is 12.1 Å². The third-order valence-corrected chi connectivity index (χ3v) is 4.18. The van der Waals surface area contributed by atoms with Crippen LogP contribution in [0.4, 0.5) is 4.39 Å². The zero-order chi connectivity index (χ0) is 15.9. The number of rotatable bonds is 7. The van der Waals surface area contributed by atoms with Crippen LogP contribution in [-0.2, 0) is 4.79 Å². The summed E-state index contributed by atoms with van der Waals surface area (Å²) in [6.07, 6.45) is 0.241. The monoisotopic (exact) mass is 321 g/mol. The molecule has 0 aliphatic carbocycles. The second-order valence-electron chi connectivity index (χ2n) is 5.36. The highest BCUT2D eigenvalue weighted by atomic mass is 32.1. The fraction of sp³-hybridized carbons (Fsp3) is 0.353. The maximum atomic E-state index is 13.0. The number of ether oxygens (including phenoxy) is 1. The summed E-state index contributed by atoms with van der Waals surface area (Å²) in [5.41, 5.74) is 0. The van der Waals surface area contributed by atoms with Crippen LogP contribution in [0.15, 0.2) is 41.8 Å². The van der Waals surface area contributed by atoms with Crippen LogP contribution in [0.1, 0.15) is 31.2 Å². The molecule has 0 aliphatic heterocycles. The third kappa shape index (κ3) is 4.84. The highest BCUT2D eigenvalue weighted by molar-refractivity contribution is 7.10. The molecule has 0 saturated carbocycles. The number of carbonyl (C=O) groups is 1. The summed E-state index contributed by atoms with van der Waals surface area (Å²) >= 11 is 1.64. The molecule has 1 amide bonds. The lowest BCUT2D eigenvalue weighted by Crippen LogP contribution is -2.32. The molecule has 3 nitrogen and oxygen atoms in total. The fourth-order valence-electron chi connectivity index (χ4n) is 2.10. The highest BCUT2D eigenvalue weighted by Crippen LogP contribution is 2.25. The van der Waals surface area contributed by atoms with E-state index >= 15 is 0 Å². The van der Waals surface area contributed by atoms with Gasteiger partial charge in [0.25, 0.3) is 0 Å². The average Bonchev–Trinajstić information content (AvgIpc) is 2.98. The molecule has 2 rings (SSSR count). The summed E-state index contributed by atoms with van der Waals surface area (Å²) in [4.78, 5) is 13.2. The van der Waals surface area contributed by atoms with Crippen molar-refractivity contribution in [1.29, 1.82) is 0 Å². The van der Waals surface area contributed by atoms with E-state index in [2.05, 4.69) is 19.2 Å². The topological polar surface area (TPSA) is 38.3 Å². The predicted octanol–water partition coefficient (Wildman–Crippen LogP) is 4.17. The van der Waals surface area contributed by atoms with E-state index in [-0.39, 0.29) is 30.8 Å². The van der Waals surface area contributed by atoms with Gasteiger partial charge in [-0.15, -0.1) is 11.3 Å². The highest BCUT2D eigenvalue weighted by Gasteiger charge is 2.19. The van der Waals surface area contributed by atoms with Crippen molar-refractivity contribution in [3.63, 3.8) is 0 Å². The number of benzene rings is 1. The Balaban J connectivity index is 1.82. The molecular weight excluding hydrogens is 301 g/mol. The van der Waals surface area contributed by atoms with E-state index in [1.807, 2.05) is 17.5 Å². The average molecular weight is 321 g/mol. The Hall–Kier alpha value is -1.88. The molecule has 2 aromatic rings. The Labute approximate surface area is 134 Å². The lowest BCUT2D eigenvalue weighted by molar-refractivity contribution is -0.122. The number of hydrogen-bond acceptors (Lipinski definition) is 3. The van der Waals surface area contributed by atoms with Crippen LogP contribution in [0.5, 0.6) is 5.75 Å². The van der Waals surface area contributed by atoms with Crippen molar-refractivity contribution < 1.29 is 13.9 Å². The van der Waals surface area contributed by atoms with E-state index in [0.29, 0.717) is 11.7 Å². The Morgan fingerprint density at radius 2 is 2.14 bits per heavy atom. The Bertz CT molecular complexity index is 598. The lowest BCUT2D eigenvalue weighted by atomic mass is 10.0. The van der Waals surface area contributed by atoms with Crippen LogP contribution < -0.4 is 10.1 Å². The first-order valence-corrected chi connectivity index (χ1v) is 8.15. The van der Waals surface area contributed by atoms with E-state index in [4.69, 9.17) is 4.74 Å². The molecule has 5 heteroatoms. The van der Waals surface area contributed by atoms with Gasteiger partial charge in [0.2, 0.25) is 5.91 Å². The minimum atomic E-state index is -0.348. The van der Waals surface area contributed by atoms with Gasteiger partial charge in [0.1, 0.15) is 11.6 Å². The van der Waals surface area contributed by atoms with E-state index in [0.717, 1.165) is 4.88 Å². The zero-order valence-electron chi connectivity index (χ0n) is 12.7. The van der Waals surface area contributed by atoms with E-state index in [9.17, 15) is 9.18 Å². The van der Waals surface area contributed by atoms with Crippen LogP contribution >= 0.6 is 11.3 Å². The minimum Gasteiger partial charge on any atom is -0.493 e. The van der Waals surface area contributed by atoms with Crippen LogP contribution in [0.2, 0.25) is 0 Å². The van der Waals surface area contributed by atoms with Crippen molar-refractivity contribution >= 4 is 17.2 Å². The van der Waals surface area contributed by atoms with Gasteiger partial charge in [0.15, 0.2) is 0 Å². The van der Waals surface area contributed by atoms with Gasteiger partial charge in [-0.2, -0.15) is 0 Å². The zero-order valence-corrected chi connectivity index (χ0v) is 13.5. The minimum absolute atomic E-state index is 0.0154. The number of thiophene rings is 1. The molecule has 0 bridgehead atoms. The van der Waals surface area contributed by atoms with Gasteiger partial charge in [0, 0.05) is 10.9 Å². The van der Waals surface area contributed by atoms with Crippen molar-refractivity contribution in [3.8, 4) is 5.75 Å². The van der Waals surface area contributed by atoms with Gasteiger partial charge in [-0.05, 0) is 29.5 Å². The summed E-state index contributed by atoms with van der Waals surface area (Å²) in [6.45, 7) is 4.38. The van der Waals surface area contributed by atoms with Gasteiger partial charge in [-0.25, -0.2) is 4.39 Å². The number of carbonyl (C=O) groups excluding carboxylic acids is 1. The molecule has 1 atom stereocenters.